The van der Waals surface area contributed by atoms with E-state index in [4.69, 9.17) is 0 Å². The van der Waals surface area contributed by atoms with Gasteiger partial charge >= 0.3 is 0 Å². The van der Waals surface area contributed by atoms with Crippen molar-refractivity contribution in [3.63, 3.8) is 0 Å². The van der Waals surface area contributed by atoms with Crippen LogP contribution in [0.5, 0.6) is 0 Å². The molecule has 118 heavy (non-hydrogen) atoms. The number of rotatable bonds is 10. The van der Waals surface area contributed by atoms with E-state index in [1.807, 2.05) is 0 Å². The van der Waals surface area contributed by atoms with Crippen LogP contribution in [0.15, 0.2) is 218 Å². The Morgan fingerprint density at radius 1 is 0.153 bits per heavy atom. The zero-order valence-electron chi connectivity index (χ0n) is 74.5. The summed E-state index contributed by atoms with van der Waals surface area (Å²) < 4.78 is 0. The fourth-order valence-electron chi connectivity index (χ4n) is 23.0. The molecule has 0 aromatic heterocycles. The van der Waals surface area contributed by atoms with Gasteiger partial charge in [-0.05, 0) is 320 Å². The molecule has 19 aromatic carbocycles. The Bertz CT molecular complexity index is 7010. The molecule has 0 spiro atoms. The van der Waals surface area contributed by atoms with Crippen LogP contribution in [0.4, 0.5) is 0 Å². The Hall–Kier alpha value is -11.5. The third kappa shape index (κ3) is 13.2. The van der Waals surface area contributed by atoms with Crippen molar-refractivity contribution in [1.29, 1.82) is 0 Å². The van der Waals surface area contributed by atoms with E-state index < -0.39 is 0 Å². The van der Waals surface area contributed by atoms with Crippen LogP contribution in [-0.2, 0) is 0 Å². The van der Waals surface area contributed by atoms with Crippen molar-refractivity contribution in [2.75, 3.05) is 0 Å². The summed E-state index contributed by atoms with van der Waals surface area (Å²) in [5.74, 6) is 0. The molecule has 0 nitrogen and oxygen atoms in total. The minimum atomic E-state index is 0.138. The maximum absolute atomic E-state index is 2.49. The van der Waals surface area contributed by atoms with Crippen molar-refractivity contribution < 1.29 is 0 Å². The first-order chi connectivity index (χ1) is 56.3. The van der Waals surface area contributed by atoms with Gasteiger partial charge in [-0.2, -0.15) is 0 Å². The van der Waals surface area contributed by atoms with Gasteiger partial charge in [0.15, 0.2) is 0 Å². The Labute approximate surface area is 703 Å². The quantitative estimate of drug-likeness (QED) is 0.0946. The number of hydrogen-bond donors (Lipinski definition) is 0. The monoisotopic (exact) mass is 1520 g/mol. The molecule has 0 radical (unpaired) electrons. The van der Waals surface area contributed by atoms with Gasteiger partial charge in [0.2, 0.25) is 20.1 Å². The first-order valence-corrected chi connectivity index (χ1v) is 42.9. The second-order valence-electron chi connectivity index (χ2n) is 36.4. The highest BCUT2D eigenvalue weighted by molar-refractivity contribution is 6.99. The Morgan fingerprint density at radius 2 is 0.364 bits per heavy atom. The van der Waals surface area contributed by atoms with E-state index in [-0.39, 0.29) is 20.1 Å². The molecule has 0 unspecified atom stereocenters. The molecule has 0 saturated carbocycles. The fraction of sp³-hybridized carbons (Fsp3) is 0.217. The minimum absolute atomic E-state index is 0.138. The summed E-state index contributed by atoms with van der Waals surface area (Å²) in [5, 5.41) is 24.9. The molecule has 0 bridgehead atoms. The van der Waals surface area contributed by atoms with Crippen molar-refractivity contribution in [2.45, 2.75) is 173 Å². The zero-order valence-corrected chi connectivity index (χ0v) is 74.5. The minimum Gasteiger partial charge on any atom is -0.0629 e. The predicted octanol–water partition coefficient (Wildman–Crippen LogP) is 24.7. The summed E-state index contributed by atoms with van der Waals surface area (Å²) in [6.45, 7) is 57.3. The van der Waals surface area contributed by atoms with E-state index in [0.29, 0.717) is 0 Å². The van der Waals surface area contributed by atoms with E-state index >= 15 is 0 Å². The van der Waals surface area contributed by atoms with E-state index in [9.17, 15) is 0 Å². The fourth-order valence-corrected chi connectivity index (χ4v) is 23.0. The SMILES string of the molecule is Cc1cc(C)c(B(c2c(C)cc(C)cc2C)c2cc(C)c3ccc4c(-c5ccccc5)cc(C)c5ccc2c3c54)c(C)c1.Cc1cc(C)c(B(c2c(C)cc(C)cc2C)c2cc(C)c3ccc4c(C)cc(C)c5ccc2c3c45)c(C)c1.Cc1cc(C)c(B(c2c(C)cc(C)cc2C)c2cc(C)c3ccc4ccc(C)c5ccc2c3c45)c(C)c1. The lowest BCUT2D eigenvalue weighted by atomic mass is 9.33. The number of aryl methyl sites for hydroxylation is 25. The number of hydrogen-bond acceptors (Lipinski definition) is 0. The van der Waals surface area contributed by atoms with Crippen molar-refractivity contribution in [1.82, 2.24) is 0 Å². The molecule has 0 aliphatic carbocycles. The average Bonchev–Trinajstić information content (AvgIpc) is 0.718. The van der Waals surface area contributed by atoms with E-state index in [1.165, 1.54) is 296 Å². The Kier molecular flexibility index (Phi) is 20.2. The molecule has 19 rings (SSSR count). The molecule has 0 saturated heterocycles. The molecule has 0 atom stereocenters. The molecular weight excluding hydrogens is 1410 g/mol. The lowest BCUT2D eigenvalue weighted by Gasteiger charge is -2.27. The van der Waals surface area contributed by atoms with Crippen LogP contribution in [-0.4, -0.2) is 20.1 Å². The van der Waals surface area contributed by atoms with Crippen LogP contribution in [0.25, 0.3) is 108 Å². The molecule has 19 aromatic rings. The lowest BCUT2D eigenvalue weighted by molar-refractivity contribution is 1.34. The molecule has 0 aliphatic rings. The highest BCUT2D eigenvalue weighted by Crippen LogP contribution is 2.44. The van der Waals surface area contributed by atoms with Gasteiger partial charge in [0, 0.05) is 0 Å². The number of benzene rings is 19. The molecule has 0 amide bonds. The average molecular weight is 1530 g/mol. The maximum atomic E-state index is 2.49. The third-order valence-corrected chi connectivity index (χ3v) is 27.3. The molecule has 0 aliphatic heterocycles. The molecule has 0 N–H and O–H groups in total. The maximum Gasteiger partial charge on any atom is 0.243 e. The van der Waals surface area contributed by atoms with Crippen LogP contribution in [0, 0.1) is 173 Å². The summed E-state index contributed by atoms with van der Waals surface area (Å²) in [4.78, 5) is 0. The first kappa shape index (κ1) is 79.0. The molecule has 3 heteroatoms. The highest BCUT2D eigenvalue weighted by atomic mass is 14.3. The normalized spacial score (nSPS) is 11.8. The van der Waals surface area contributed by atoms with Gasteiger partial charge in [0.1, 0.15) is 0 Å². The van der Waals surface area contributed by atoms with E-state index in [2.05, 4.69) is 391 Å². The zero-order chi connectivity index (χ0) is 83.4. The van der Waals surface area contributed by atoms with Gasteiger partial charge in [0.25, 0.3) is 0 Å². The van der Waals surface area contributed by atoms with Crippen LogP contribution in [0.3, 0.4) is 0 Å². The van der Waals surface area contributed by atoms with Gasteiger partial charge in [-0.1, -0.05) is 368 Å². The largest absolute Gasteiger partial charge is 0.243 e. The van der Waals surface area contributed by atoms with E-state index in [0.717, 1.165) is 0 Å². The van der Waals surface area contributed by atoms with Crippen LogP contribution >= 0.6 is 0 Å². The molecular formula is C115H111B3. The van der Waals surface area contributed by atoms with Crippen molar-refractivity contribution in [2.24, 2.45) is 0 Å². The smallest absolute Gasteiger partial charge is 0.0629 e. The van der Waals surface area contributed by atoms with Crippen molar-refractivity contribution in [3.05, 3.63) is 357 Å². The Balaban J connectivity index is 0.000000127. The van der Waals surface area contributed by atoms with Crippen LogP contribution in [0.2, 0.25) is 0 Å². The second-order valence-corrected chi connectivity index (χ2v) is 36.4. The molecule has 0 fully saturated rings. The topological polar surface area (TPSA) is 0 Å². The van der Waals surface area contributed by atoms with Crippen molar-refractivity contribution in [3.8, 4) is 11.1 Å². The molecule has 0 heterocycles. The molecule has 580 valence electrons. The summed E-state index contributed by atoms with van der Waals surface area (Å²) in [6, 6.07) is 84.4. The predicted molar refractivity (Wildman–Crippen MR) is 527 cm³/mol. The van der Waals surface area contributed by atoms with Crippen molar-refractivity contribution >= 4 is 166 Å². The summed E-state index contributed by atoms with van der Waals surface area (Å²) in [5.41, 5.74) is 49.4. The van der Waals surface area contributed by atoms with Gasteiger partial charge < -0.3 is 0 Å². The van der Waals surface area contributed by atoms with Gasteiger partial charge in [-0.15, -0.1) is 0 Å². The summed E-state index contributed by atoms with van der Waals surface area (Å²) in [6.07, 6.45) is 0. The third-order valence-electron chi connectivity index (χ3n) is 27.3. The van der Waals surface area contributed by atoms with E-state index in [1.54, 1.807) is 0 Å². The summed E-state index contributed by atoms with van der Waals surface area (Å²) >= 11 is 0. The second kappa shape index (κ2) is 30.1. The lowest BCUT2D eigenvalue weighted by Crippen LogP contribution is -2.56. The standard InChI is InChI=1S/C42H39B.C37H37B.C36H35B/c1-24-18-28(5)41(29(6)19-24)43(42-30(7)20-25(2)21-31(42)8)38-23-27(4)34-14-16-35-37(32-12-10-9-11-13-32)22-26(3)33-15-17-36(38)40(34)39(33)35;1-20-14-25(6)36(26(7)15-20)38(37-27(8)16-21(2)17-28(37)9)33-19-24(5)31-11-10-29-22(3)18-23(4)30-12-13-32(33)35(31)34(29)30;1-20-15-24(5)35(25(6)16-20)37(36-26(7)17-21(2)18-27(36)8)32-19-23(4)30-12-11-28-10-9-22(3)29-13-14-31(32)34(30)33(28)29/h9-23H,1-8H3;10-19H,1-9H3;9-19H,1-8H3. The first-order valence-electron chi connectivity index (χ1n) is 42.9. The highest BCUT2D eigenvalue weighted by Gasteiger charge is 2.36. The van der Waals surface area contributed by atoms with Gasteiger partial charge in [-0.25, -0.2) is 0 Å². The van der Waals surface area contributed by atoms with Gasteiger partial charge in [-0.3, -0.25) is 0 Å². The summed E-state index contributed by atoms with van der Waals surface area (Å²) in [7, 11) is 0. The van der Waals surface area contributed by atoms with Crippen LogP contribution < -0.4 is 49.2 Å². The van der Waals surface area contributed by atoms with Crippen LogP contribution in [0.1, 0.15) is 139 Å². The Morgan fingerprint density at radius 3 is 0.661 bits per heavy atom. The van der Waals surface area contributed by atoms with Gasteiger partial charge in [0.05, 0.1) is 0 Å².